The number of hydrogen-bond acceptors (Lipinski definition) is 6. The Kier molecular flexibility index (Phi) is 5.95. The van der Waals surface area contributed by atoms with E-state index in [2.05, 4.69) is 9.72 Å². The Labute approximate surface area is 113 Å². The quantitative estimate of drug-likeness (QED) is 0.403. The summed E-state index contributed by atoms with van der Waals surface area (Å²) in [5.41, 5.74) is -0.604. The van der Waals surface area contributed by atoms with E-state index < -0.39 is 23.2 Å². The van der Waals surface area contributed by atoms with Crippen LogP contribution in [0.2, 0.25) is 0 Å². The van der Waals surface area contributed by atoms with Crippen LogP contribution in [-0.2, 0) is 25.5 Å². The molecule has 0 fully saturated rings. The highest BCUT2D eigenvalue weighted by molar-refractivity contribution is 5.91. The number of carbonyl (C=O) groups is 2. The average Bonchev–Trinajstić information content (AvgIpc) is 2.40. The summed E-state index contributed by atoms with van der Waals surface area (Å²) in [6.07, 6.45) is 2.72. The molecule has 1 rings (SSSR count). The van der Waals surface area contributed by atoms with Gasteiger partial charge in [-0.05, 0) is 12.8 Å². The lowest BCUT2D eigenvalue weighted by molar-refractivity contribution is -0.139. The Morgan fingerprint density at radius 3 is 2.55 bits per heavy atom. The summed E-state index contributed by atoms with van der Waals surface area (Å²) < 4.78 is 9.11. The van der Waals surface area contributed by atoms with Crippen LogP contribution in [0, 0.1) is 0 Å². The molecule has 0 aliphatic heterocycles. The van der Waals surface area contributed by atoms with E-state index >= 15 is 0 Å². The lowest BCUT2D eigenvalue weighted by Crippen LogP contribution is -2.23. The van der Waals surface area contributed by atoms with E-state index in [1.807, 2.05) is 4.98 Å². The van der Waals surface area contributed by atoms with Crippen molar-refractivity contribution in [2.24, 2.45) is 0 Å². The SMILES string of the molecule is COC(=O)/C=C/C(=O)OCCCc1cc(=O)[nH]c(=O)[nH]1. The van der Waals surface area contributed by atoms with Crippen molar-refractivity contribution in [2.75, 3.05) is 13.7 Å². The lowest BCUT2D eigenvalue weighted by Gasteiger charge is -2.02. The minimum absolute atomic E-state index is 0.0964. The maximum atomic E-state index is 11.2. The standard InChI is InChI=1S/C12H14N2O6/c1-19-10(16)4-5-11(17)20-6-2-3-8-7-9(15)14-12(18)13-8/h4-5,7H,2-3,6H2,1H3,(H2,13,14,15,18)/b5-4+. The van der Waals surface area contributed by atoms with Gasteiger partial charge in [0.25, 0.3) is 5.56 Å². The lowest BCUT2D eigenvalue weighted by atomic mass is 10.2. The first-order valence-corrected chi connectivity index (χ1v) is 5.76. The second kappa shape index (κ2) is 7.72. The number of methoxy groups -OCH3 is 1. The molecule has 0 aliphatic rings. The number of aryl methyl sites for hydroxylation is 1. The van der Waals surface area contributed by atoms with Crippen molar-refractivity contribution in [3.63, 3.8) is 0 Å². The molecular weight excluding hydrogens is 268 g/mol. The van der Waals surface area contributed by atoms with E-state index in [1.165, 1.54) is 13.2 Å². The molecule has 8 heteroatoms. The van der Waals surface area contributed by atoms with E-state index in [-0.39, 0.29) is 6.61 Å². The van der Waals surface area contributed by atoms with Gasteiger partial charge >= 0.3 is 17.6 Å². The van der Waals surface area contributed by atoms with Crippen molar-refractivity contribution < 1.29 is 19.1 Å². The molecule has 0 amide bonds. The largest absolute Gasteiger partial charge is 0.466 e. The summed E-state index contributed by atoms with van der Waals surface area (Å²) >= 11 is 0. The van der Waals surface area contributed by atoms with Gasteiger partial charge in [0.05, 0.1) is 13.7 Å². The Morgan fingerprint density at radius 1 is 1.20 bits per heavy atom. The van der Waals surface area contributed by atoms with Gasteiger partial charge in [-0.15, -0.1) is 0 Å². The normalized spacial score (nSPS) is 10.4. The molecule has 1 heterocycles. The van der Waals surface area contributed by atoms with Gasteiger partial charge in [0.15, 0.2) is 0 Å². The maximum absolute atomic E-state index is 11.2. The highest BCUT2D eigenvalue weighted by Crippen LogP contribution is 1.95. The maximum Gasteiger partial charge on any atom is 0.331 e. The number of aromatic amines is 2. The molecule has 20 heavy (non-hydrogen) atoms. The van der Waals surface area contributed by atoms with Crippen molar-refractivity contribution in [3.05, 3.63) is 44.8 Å². The van der Waals surface area contributed by atoms with Gasteiger partial charge in [-0.2, -0.15) is 0 Å². The molecule has 0 unspecified atom stereocenters. The zero-order valence-electron chi connectivity index (χ0n) is 10.8. The number of H-pyrrole nitrogens is 2. The summed E-state index contributed by atoms with van der Waals surface area (Å²) in [4.78, 5) is 48.4. The summed E-state index contributed by atoms with van der Waals surface area (Å²) in [7, 11) is 1.19. The summed E-state index contributed by atoms with van der Waals surface area (Å²) in [6, 6.07) is 1.26. The molecule has 0 bridgehead atoms. The fourth-order valence-electron chi connectivity index (χ4n) is 1.34. The minimum atomic E-state index is -0.671. The van der Waals surface area contributed by atoms with Crippen molar-refractivity contribution >= 4 is 11.9 Å². The van der Waals surface area contributed by atoms with Crippen LogP contribution in [0.1, 0.15) is 12.1 Å². The van der Waals surface area contributed by atoms with Crippen LogP contribution in [0.4, 0.5) is 0 Å². The van der Waals surface area contributed by atoms with Crippen LogP contribution >= 0.6 is 0 Å². The molecule has 108 valence electrons. The molecule has 0 saturated carbocycles. The molecule has 1 aromatic rings. The van der Waals surface area contributed by atoms with Gasteiger partial charge in [0.1, 0.15) is 0 Å². The van der Waals surface area contributed by atoms with Crippen molar-refractivity contribution in [3.8, 4) is 0 Å². The van der Waals surface area contributed by atoms with E-state index in [0.29, 0.717) is 18.5 Å². The summed E-state index contributed by atoms with van der Waals surface area (Å²) in [6.45, 7) is 0.0964. The van der Waals surface area contributed by atoms with Crippen molar-refractivity contribution in [1.82, 2.24) is 9.97 Å². The number of ether oxygens (including phenoxy) is 2. The van der Waals surface area contributed by atoms with Crippen LogP contribution in [0.3, 0.4) is 0 Å². The number of carbonyl (C=O) groups excluding carboxylic acids is 2. The number of nitrogens with one attached hydrogen (secondary N) is 2. The van der Waals surface area contributed by atoms with Crippen molar-refractivity contribution in [2.45, 2.75) is 12.8 Å². The van der Waals surface area contributed by atoms with Crippen LogP contribution < -0.4 is 11.2 Å². The number of esters is 2. The Balaban J connectivity index is 2.33. The molecule has 0 atom stereocenters. The minimum Gasteiger partial charge on any atom is -0.466 e. The Morgan fingerprint density at radius 2 is 1.90 bits per heavy atom. The molecular formula is C12H14N2O6. The fourth-order valence-corrected chi connectivity index (χ4v) is 1.34. The number of hydrogen-bond donors (Lipinski definition) is 2. The summed E-state index contributed by atoms with van der Waals surface area (Å²) in [5, 5.41) is 0. The summed E-state index contributed by atoms with van der Waals surface area (Å²) in [5.74, 6) is -1.32. The van der Waals surface area contributed by atoms with Gasteiger partial charge in [-0.3, -0.25) is 9.78 Å². The van der Waals surface area contributed by atoms with Crippen LogP contribution in [-0.4, -0.2) is 35.6 Å². The monoisotopic (exact) mass is 282 g/mol. The van der Waals surface area contributed by atoms with E-state index in [0.717, 1.165) is 12.2 Å². The Hall–Kier alpha value is -2.64. The molecule has 0 radical (unpaired) electrons. The third-order valence-electron chi connectivity index (χ3n) is 2.21. The second-order valence-electron chi connectivity index (χ2n) is 3.74. The molecule has 0 saturated heterocycles. The zero-order valence-corrected chi connectivity index (χ0v) is 10.8. The zero-order chi connectivity index (χ0) is 15.0. The molecule has 8 nitrogen and oxygen atoms in total. The highest BCUT2D eigenvalue weighted by atomic mass is 16.5. The first-order valence-electron chi connectivity index (χ1n) is 5.76. The second-order valence-corrected chi connectivity index (χ2v) is 3.74. The van der Waals surface area contributed by atoms with E-state index in [9.17, 15) is 19.2 Å². The van der Waals surface area contributed by atoms with Crippen LogP contribution in [0.15, 0.2) is 27.8 Å². The van der Waals surface area contributed by atoms with Gasteiger partial charge < -0.3 is 14.5 Å². The van der Waals surface area contributed by atoms with E-state index in [1.54, 1.807) is 0 Å². The third-order valence-corrected chi connectivity index (χ3v) is 2.21. The van der Waals surface area contributed by atoms with Gasteiger partial charge in [-0.1, -0.05) is 0 Å². The predicted molar refractivity (Wildman–Crippen MR) is 68.1 cm³/mol. The number of aromatic nitrogens is 2. The predicted octanol–water partition coefficient (Wildman–Crippen LogP) is -0.732. The smallest absolute Gasteiger partial charge is 0.331 e. The third kappa shape index (κ3) is 5.80. The van der Waals surface area contributed by atoms with Gasteiger partial charge in [0.2, 0.25) is 0 Å². The Bertz CT molecular complexity index is 585. The van der Waals surface area contributed by atoms with Crippen LogP contribution in [0.5, 0.6) is 0 Å². The average molecular weight is 282 g/mol. The van der Waals surface area contributed by atoms with Gasteiger partial charge in [0, 0.05) is 23.9 Å². The molecule has 2 N–H and O–H groups in total. The van der Waals surface area contributed by atoms with Gasteiger partial charge in [-0.25, -0.2) is 14.4 Å². The number of rotatable bonds is 6. The van der Waals surface area contributed by atoms with E-state index in [4.69, 9.17) is 4.74 Å². The first-order chi connectivity index (χ1) is 9.51. The molecule has 0 aliphatic carbocycles. The molecule has 1 aromatic heterocycles. The topological polar surface area (TPSA) is 118 Å². The molecule has 0 spiro atoms. The fraction of sp³-hybridized carbons (Fsp3) is 0.333. The molecule has 0 aromatic carbocycles. The van der Waals surface area contributed by atoms with Crippen molar-refractivity contribution in [1.29, 1.82) is 0 Å². The first kappa shape index (κ1) is 15.4. The highest BCUT2D eigenvalue weighted by Gasteiger charge is 2.01. The van der Waals surface area contributed by atoms with Crippen LogP contribution in [0.25, 0.3) is 0 Å².